The molecule has 0 unspecified atom stereocenters. The number of hydrogen-bond donors (Lipinski definition) is 2. The molecule has 2 N–H and O–H groups in total. The highest BCUT2D eigenvalue weighted by atomic mass is 16.4. The molecule has 0 bridgehead atoms. The molecule has 0 aliphatic heterocycles. The Morgan fingerprint density at radius 3 is 2.59 bits per heavy atom. The number of amides is 1. The van der Waals surface area contributed by atoms with Gasteiger partial charge in [-0.1, -0.05) is 0 Å². The van der Waals surface area contributed by atoms with Crippen molar-refractivity contribution in [2.24, 2.45) is 7.05 Å². The molecule has 6 heteroatoms. The first-order valence-corrected chi connectivity index (χ1v) is 5.17. The summed E-state index contributed by atoms with van der Waals surface area (Å²) in [7, 11) is 1.57. The molecule has 0 aromatic carbocycles. The van der Waals surface area contributed by atoms with Crippen LogP contribution in [0.25, 0.3) is 0 Å². The van der Waals surface area contributed by atoms with E-state index in [2.05, 4.69) is 5.32 Å². The van der Waals surface area contributed by atoms with Gasteiger partial charge in [0.15, 0.2) is 0 Å². The van der Waals surface area contributed by atoms with E-state index in [-0.39, 0.29) is 11.1 Å². The third kappa shape index (κ3) is 2.06. The Bertz CT molecular complexity index is 543. The fraction of sp³-hybridized carbons (Fsp3) is 0.364. The maximum absolute atomic E-state index is 11.7. The van der Waals surface area contributed by atoms with Crippen LogP contribution in [0.2, 0.25) is 0 Å². The quantitative estimate of drug-likeness (QED) is 0.756. The number of carbonyl (C=O) groups is 2. The Morgan fingerprint density at radius 2 is 2.12 bits per heavy atom. The van der Waals surface area contributed by atoms with Crippen LogP contribution in [-0.2, 0) is 11.8 Å². The summed E-state index contributed by atoms with van der Waals surface area (Å²) >= 11 is 0. The lowest BCUT2D eigenvalue weighted by molar-refractivity contribution is -0.140. The van der Waals surface area contributed by atoms with E-state index in [9.17, 15) is 14.4 Å². The third-order valence-electron chi connectivity index (χ3n) is 2.88. The number of aryl methyl sites for hydroxylation is 1. The highest BCUT2D eigenvalue weighted by Crippen LogP contribution is 2.35. The number of rotatable bonds is 3. The molecular formula is C11H12N2O4. The van der Waals surface area contributed by atoms with E-state index in [1.165, 1.54) is 22.9 Å². The molecule has 1 fully saturated rings. The first-order chi connectivity index (χ1) is 7.94. The number of carboxylic acid groups (broad SMARTS) is 1. The zero-order valence-electron chi connectivity index (χ0n) is 9.27. The summed E-state index contributed by atoms with van der Waals surface area (Å²) in [6.07, 6.45) is 2.33. The first kappa shape index (κ1) is 11.4. The molecule has 0 radical (unpaired) electrons. The Labute approximate surface area is 96.9 Å². The van der Waals surface area contributed by atoms with Crippen molar-refractivity contribution in [3.8, 4) is 0 Å². The number of aliphatic carboxylic acids is 1. The minimum atomic E-state index is -1.13. The van der Waals surface area contributed by atoms with Crippen LogP contribution in [0.4, 0.5) is 0 Å². The summed E-state index contributed by atoms with van der Waals surface area (Å²) in [4.78, 5) is 34.0. The number of pyridine rings is 1. The summed E-state index contributed by atoms with van der Waals surface area (Å²) in [5.41, 5.74) is -1.25. The number of carbonyl (C=O) groups excluding carboxylic acids is 1. The molecule has 1 saturated carbocycles. The van der Waals surface area contributed by atoms with Crippen molar-refractivity contribution in [2.75, 3.05) is 0 Å². The van der Waals surface area contributed by atoms with E-state index in [1.807, 2.05) is 0 Å². The Balaban J connectivity index is 2.18. The zero-order chi connectivity index (χ0) is 12.6. The van der Waals surface area contributed by atoms with Gasteiger partial charge in [0.05, 0.1) is 0 Å². The summed E-state index contributed by atoms with van der Waals surface area (Å²) in [5, 5.41) is 11.4. The second-order valence-corrected chi connectivity index (χ2v) is 4.21. The Kier molecular flexibility index (Phi) is 2.49. The predicted molar refractivity (Wildman–Crippen MR) is 58.8 cm³/mol. The molecule has 6 nitrogen and oxygen atoms in total. The standard InChI is InChI=1S/C11H12N2O4/c1-13-5-2-7(6-8(13)14)9(15)12-11(3-4-11)10(16)17/h2,5-6H,3-4H2,1H3,(H,12,15)(H,16,17). The van der Waals surface area contributed by atoms with E-state index in [0.717, 1.165) is 0 Å². The third-order valence-corrected chi connectivity index (χ3v) is 2.88. The summed E-state index contributed by atoms with van der Waals surface area (Å²) in [6, 6.07) is 2.67. The first-order valence-electron chi connectivity index (χ1n) is 5.17. The molecule has 0 atom stereocenters. The average molecular weight is 236 g/mol. The van der Waals surface area contributed by atoms with Gasteiger partial charge < -0.3 is 15.0 Å². The van der Waals surface area contributed by atoms with Crippen molar-refractivity contribution in [1.82, 2.24) is 9.88 Å². The van der Waals surface area contributed by atoms with Crippen molar-refractivity contribution in [3.63, 3.8) is 0 Å². The maximum Gasteiger partial charge on any atom is 0.329 e. The van der Waals surface area contributed by atoms with E-state index in [0.29, 0.717) is 12.8 Å². The molecule has 1 aromatic rings. The molecule has 90 valence electrons. The molecule has 0 saturated heterocycles. The lowest BCUT2D eigenvalue weighted by atomic mass is 10.2. The molecule has 1 aliphatic carbocycles. The molecule has 2 rings (SSSR count). The van der Waals surface area contributed by atoms with Crippen LogP contribution in [0.3, 0.4) is 0 Å². The van der Waals surface area contributed by atoms with Gasteiger partial charge in [0.2, 0.25) is 0 Å². The van der Waals surface area contributed by atoms with Gasteiger partial charge in [-0.25, -0.2) is 4.79 Å². The van der Waals surface area contributed by atoms with Gasteiger partial charge in [-0.15, -0.1) is 0 Å². The molecule has 1 amide bonds. The van der Waals surface area contributed by atoms with Gasteiger partial charge >= 0.3 is 5.97 Å². The van der Waals surface area contributed by atoms with Gasteiger partial charge in [0.25, 0.3) is 11.5 Å². The predicted octanol–water partition coefficient (Wildman–Crippen LogP) is -0.268. The second kappa shape index (κ2) is 3.73. The topological polar surface area (TPSA) is 88.4 Å². The van der Waals surface area contributed by atoms with Gasteiger partial charge in [-0.2, -0.15) is 0 Å². The fourth-order valence-corrected chi connectivity index (χ4v) is 1.50. The molecule has 17 heavy (non-hydrogen) atoms. The van der Waals surface area contributed by atoms with Gasteiger partial charge in [-0.05, 0) is 18.9 Å². The fourth-order valence-electron chi connectivity index (χ4n) is 1.50. The number of hydrogen-bond acceptors (Lipinski definition) is 3. The largest absolute Gasteiger partial charge is 0.480 e. The smallest absolute Gasteiger partial charge is 0.329 e. The van der Waals surface area contributed by atoms with Crippen LogP contribution in [0.15, 0.2) is 23.1 Å². The lowest BCUT2D eigenvalue weighted by Gasteiger charge is -2.12. The Morgan fingerprint density at radius 1 is 1.47 bits per heavy atom. The SMILES string of the molecule is Cn1ccc(C(=O)NC2(C(=O)O)CC2)cc1=O. The Hall–Kier alpha value is -2.11. The van der Waals surface area contributed by atoms with E-state index >= 15 is 0 Å². The average Bonchev–Trinajstić information content (AvgIpc) is 3.03. The van der Waals surface area contributed by atoms with Crippen molar-refractivity contribution < 1.29 is 14.7 Å². The zero-order valence-corrected chi connectivity index (χ0v) is 9.27. The van der Waals surface area contributed by atoms with Crippen LogP contribution < -0.4 is 10.9 Å². The number of nitrogens with zero attached hydrogens (tertiary/aromatic N) is 1. The minimum absolute atomic E-state index is 0.181. The highest BCUT2D eigenvalue weighted by Gasteiger charge is 2.51. The van der Waals surface area contributed by atoms with Crippen molar-refractivity contribution in [3.05, 3.63) is 34.2 Å². The molecule has 1 aromatic heterocycles. The van der Waals surface area contributed by atoms with Crippen LogP contribution >= 0.6 is 0 Å². The van der Waals surface area contributed by atoms with Crippen LogP contribution in [0.5, 0.6) is 0 Å². The summed E-state index contributed by atoms with van der Waals surface area (Å²) in [6.45, 7) is 0. The second-order valence-electron chi connectivity index (χ2n) is 4.21. The van der Waals surface area contributed by atoms with Crippen LogP contribution in [-0.4, -0.2) is 27.1 Å². The van der Waals surface area contributed by atoms with E-state index in [4.69, 9.17) is 5.11 Å². The van der Waals surface area contributed by atoms with Crippen LogP contribution in [0, 0.1) is 0 Å². The highest BCUT2D eigenvalue weighted by molar-refractivity contribution is 5.98. The number of carboxylic acids is 1. The number of nitrogens with one attached hydrogen (secondary N) is 1. The molecule has 1 aliphatic rings. The van der Waals surface area contributed by atoms with Crippen molar-refractivity contribution in [1.29, 1.82) is 0 Å². The summed E-state index contributed by atoms with van der Waals surface area (Å²) < 4.78 is 1.33. The van der Waals surface area contributed by atoms with Crippen molar-refractivity contribution in [2.45, 2.75) is 18.4 Å². The maximum atomic E-state index is 11.7. The monoisotopic (exact) mass is 236 g/mol. The van der Waals surface area contributed by atoms with Gasteiger partial charge in [-0.3, -0.25) is 9.59 Å². The van der Waals surface area contributed by atoms with E-state index < -0.39 is 17.4 Å². The van der Waals surface area contributed by atoms with Crippen molar-refractivity contribution >= 4 is 11.9 Å². The normalized spacial score (nSPS) is 16.3. The molecule has 1 heterocycles. The molecule has 0 spiro atoms. The lowest BCUT2D eigenvalue weighted by Crippen LogP contribution is -2.43. The van der Waals surface area contributed by atoms with Gasteiger partial charge in [0.1, 0.15) is 5.54 Å². The number of aromatic nitrogens is 1. The van der Waals surface area contributed by atoms with E-state index in [1.54, 1.807) is 7.05 Å². The molecular weight excluding hydrogens is 224 g/mol. The van der Waals surface area contributed by atoms with Crippen LogP contribution in [0.1, 0.15) is 23.2 Å². The minimum Gasteiger partial charge on any atom is -0.480 e. The summed E-state index contributed by atoms with van der Waals surface area (Å²) in [5.74, 6) is -1.56. The van der Waals surface area contributed by atoms with Gasteiger partial charge in [0, 0.05) is 24.9 Å².